The van der Waals surface area contributed by atoms with Crippen LogP contribution in [0, 0.1) is 0 Å². The minimum atomic E-state index is 0.0109. The minimum Gasteiger partial charge on any atom is -0.492 e. The van der Waals surface area contributed by atoms with Crippen molar-refractivity contribution in [2.24, 2.45) is 0 Å². The van der Waals surface area contributed by atoms with Crippen molar-refractivity contribution in [3.8, 4) is 5.88 Å². The van der Waals surface area contributed by atoms with Crippen molar-refractivity contribution in [1.82, 2.24) is 9.97 Å². The van der Waals surface area contributed by atoms with E-state index in [2.05, 4.69) is 9.97 Å². The molecule has 12 heavy (non-hydrogen) atoms. The molecule has 1 aromatic rings. The summed E-state index contributed by atoms with van der Waals surface area (Å²) in [6.07, 6.45) is 8.15. The van der Waals surface area contributed by atoms with Crippen LogP contribution in [-0.2, 0) is 0 Å². The normalized spacial score (nSPS) is 18.3. The van der Waals surface area contributed by atoms with Crippen molar-refractivity contribution in [2.75, 3.05) is 0 Å². The van der Waals surface area contributed by atoms with Gasteiger partial charge < -0.3 is 5.11 Å². The first-order valence-corrected chi connectivity index (χ1v) is 4.37. The highest BCUT2D eigenvalue weighted by Gasteiger charge is 2.18. The summed E-state index contributed by atoms with van der Waals surface area (Å²) in [7, 11) is 0. The molecule has 3 nitrogen and oxygen atoms in total. The van der Waals surface area contributed by atoms with Gasteiger partial charge in [-0.1, -0.05) is 12.8 Å². The number of aromatic hydroxyl groups is 1. The molecule has 0 spiro atoms. The summed E-state index contributed by atoms with van der Waals surface area (Å²) in [5.41, 5.74) is 1.03. The SMILES string of the molecule is Oc1cnc(C2CCCC2)cn1. The van der Waals surface area contributed by atoms with Gasteiger partial charge in [-0.25, -0.2) is 4.98 Å². The van der Waals surface area contributed by atoms with E-state index in [9.17, 15) is 0 Å². The smallest absolute Gasteiger partial charge is 0.229 e. The lowest BCUT2D eigenvalue weighted by atomic mass is 10.1. The molecule has 1 aromatic heterocycles. The molecule has 2 rings (SSSR count). The van der Waals surface area contributed by atoms with Gasteiger partial charge in [0.25, 0.3) is 0 Å². The number of hydrogen-bond acceptors (Lipinski definition) is 3. The highest BCUT2D eigenvalue weighted by Crippen LogP contribution is 2.32. The molecule has 0 saturated heterocycles. The number of hydrogen-bond donors (Lipinski definition) is 1. The predicted molar refractivity (Wildman–Crippen MR) is 44.9 cm³/mol. The van der Waals surface area contributed by atoms with Crippen molar-refractivity contribution in [1.29, 1.82) is 0 Å². The van der Waals surface area contributed by atoms with Crippen LogP contribution in [0.2, 0.25) is 0 Å². The zero-order valence-electron chi connectivity index (χ0n) is 6.90. The van der Waals surface area contributed by atoms with E-state index >= 15 is 0 Å². The van der Waals surface area contributed by atoms with Gasteiger partial charge in [-0.15, -0.1) is 0 Å². The molecule has 1 heterocycles. The van der Waals surface area contributed by atoms with E-state index in [0.717, 1.165) is 5.69 Å². The van der Waals surface area contributed by atoms with Gasteiger partial charge in [-0.3, -0.25) is 4.98 Å². The zero-order valence-corrected chi connectivity index (χ0v) is 6.90. The molecule has 1 aliphatic carbocycles. The summed E-state index contributed by atoms with van der Waals surface area (Å²) in [4.78, 5) is 7.96. The highest BCUT2D eigenvalue weighted by molar-refractivity contribution is 5.10. The van der Waals surface area contributed by atoms with Crippen LogP contribution in [0.15, 0.2) is 12.4 Å². The third-order valence-corrected chi connectivity index (χ3v) is 2.43. The second-order valence-corrected chi connectivity index (χ2v) is 3.28. The standard InChI is InChI=1S/C9H12N2O/c12-9-6-10-8(5-11-9)7-3-1-2-4-7/h5-7H,1-4H2,(H,11,12). The molecule has 0 unspecified atom stereocenters. The average molecular weight is 164 g/mol. The summed E-state index contributed by atoms with van der Waals surface area (Å²) in [5, 5.41) is 8.93. The molecule has 0 amide bonds. The van der Waals surface area contributed by atoms with E-state index in [-0.39, 0.29) is 5.88 Å². The van der Waals surface area contributed by atoms with Crippen molar-refractivity contribution >= 4 is 0 Å². The summed E-state index contributed by atoms with van der Waals surface area (Å²) >= 11 is 0. The summed E-state index contributed by atoms with van der Waals surface area (Å²) in [6, 6.07) is 0. The molecule has 0 radical (unpaired) electrons. The van der Waals surface area contributed by atoms with Gasteiger partial charge in [0.1, 0.15) is 0 Å². The van der Waals surface area contributed by atoms with Crippen LogP contribution < -0.4 is 0 Å². The molecule has 64 valence electrons. The minimum absolute atomic E-state index is 0.0109. The lowest BCUT2D eigenvalue weighted by molar-refractivity contribution is 0.448. The Morgan fingerprint density at radius 2 is 1.92 bits per heavy atom. The summed E-state index contributed by atoms with van der Waals surface area (Å²) < 4.78 is 0. The monoisotopic (exact) mass is 164 g/mol. The fourth-order valence-corrected chi connectivity index (χ4v) is 1.76. The first-order valence-electron chi connectivity index (χ1n) is 4.37. The van der Waals surface area contributed by atoms with E-state index < -0.39 is 0 Å². The van der Waals surface area contributed by atoms with E-state index in [1.54, 1.807) is 6.20 Å². The molecule has 0 bridgehead atoms. The molecular formula is C9H12N2O. The van der Waals surface area contributed by atoms with E-state index in [1.807, 2.05) is 0 Å². The Morgan fingerprint density at radius 1 is 1.17 bits per heavy atom. The Balaban J connectivity index is 2.17. The molecular weight excluding hydrogens is 152 g/mol. The molecule has 1 aliphatic rings. The maximum absolute atomic E-state index is 8.93. The largest absolute Gasteiger partial charge is 0.492 e. The van der Waals surface area contributed by atoms with Gasteiger partial charge in [0.15, 0.2) is 0 Å². The average Bonchev–Trinajstić information content (AvgIpc) is 2.58. The van der Waals surface area contributed by atoms with Gasteiger partial charge >= 0.3 is 0 Å². The fraction of sp³-hybridized carbons (Fsp3) is 0.556. The maximum atomic E-state index is 8.93. The van der Waals surface area contributed by atoms with Gasteiger partial charge in [0, 0.05) is 5.92 Å². The third kappa shape index (κ3) is 1.40. The van der Waals surface area contributed by atoms with Crippen LogP contribution in [0.3, 0.4) is 0 Å². The summed E-state index contributed by atoms with van der Waals surface area (Å²) in [6.45, 7) is 0. The fourth-order valence-electron chi connectivity index (χ4n) is 1.76. The Hall–Kier alpha value is -1.12. The van der Waals surface area contributed by atoms with Crippen molar-refractivity contribution in [3.05, 3.63) is 18.1 Å². The number of aromatic nitrogens is 2. The van der Waals surface area contributed by atoms with Crippen LogP contribution in [0.5, 0.6) is 5.88 Å². The van der Waals surface area contributed by atoms with Crippen molar-refractivity contribution in [2.45, 2.75) is 31.6 Å². The van der Waals surface area contributed by atoms with Crippen LogP contribution >= 0.6 is 0 Å². The Labute approximate surface area is 71.5 Å². The number of rotatable bonds is 1. The predicted octanol–water partition coefficient (Wildman–Crippen LogP) is 1.84. The molecule has 1 saturated carbocycles. The Kier molecular flexibility index (Phi) is 1.94. The van der Waals surface area contributed by atoms with Crippen LogP contribution in [-0.4, -0.2) is 15.1 Å². The van der Waals surface area contributed by atoms with Gasteiger partial charge in [-0.2, -0.15) is 0 Å². The first kappa shape index (κ1) is 7.53. The van der Waals surface area contributed by atoms with Crippen LogP contribution in [0.25, 0.3) is 0 Å². The zero-order chi connectivity index (χ0) is 8.39. The van der Waals surface area contributed by atoms with Crippen LogP contribution in [0.4, 0.5) is 0 Å². The van der Waals surface area contributed by atoms with Gasteiger partial charge in [0.05, 0.1) is 18.1 Å². The first-order chi connectivity index (χ1) is 5.86. The molecule has 0 atom stereocenters. The molecule has 0 aromatic carbocycles. The molecule has 1 N–H and O–H groups in total. The quantitative estimate of drug-likeness (QED) is 0.688. The lowest BCUT2D eigenvalue weighted by Crippen LogP contribution is -1.96. The van der Waals surface area contributed by atoms with Crippen molar-refractivity contribution in [3.63, 3.8) is 0 Å². The summed E-state index contributed by atoms with van der Waals surface area (Å²) in [5.74, 6) is 0.592. The molecule has 3 heteroatoms. The lowest BCUT2D eigenvalue weighted by Gasteiger charge is -2.06. The Morgan fingerprint density at radius 3 is 2.50 bits per heavy atom. The van der Waals surface area contributed by atoms with Gasteiger partial charge in [0.2, 0.25) is 5.88 Å². The topological polar surface area (TPSA) is 46.0 Å². The maximum Gasteiger partial charge on any atom is 0.229 e. The van der Waals surface area contributed by atoms with E-state index in [4.69, 9.17) is 5.11 Å². The number of nitrogens with zero attached hydrogens (tertiary/aromatic N) is 2. The Bertz CT molecular complexity index is 252. The molecule has 0 aliphatic heterocycles. The second kappa shape index (κ2) is 3.09. The molecule has 1 fully saturated rings. The van der Waals surface area contributed by atoms with Crippen LogP contribution in [0.1, 0.15) is 37.3 Å². The van der Waals surface area contributed by atoms with Gasteiger partial charge in [-0.05, 0) is 12.8 Å². The van der Waals surface area contributed by atoms with E-state index in [0.29, 0.717) is 5.92 Å². The highest BCUT2D eigenvalue weighted by atomic mass is 16.3. The van der Waals surface area contributed by atoms with E-state index in [1.165, 1.54) is 31.9 Å². The van der Waals surface area contributed by atoms with Crippen molar-refractivity contribution < 1.29 is 5.11 Å². The second-order valence-electron chi connectivity index (χ2n) is 3.28. The third-order valence-electron chi connectivity index (χ3n) is 2.43.